The molecule has 0 saturated carbocycles. The van der Waals surface area contributed by atoms with Crippen LogP contribution in [0, 0.1) is 5.92 Å². The van der Waals surface area contributed by atoms with E-state index in [9.17, 15) is 9.59 Å². The standard InChI is InChI=1S/C21H27N3O2/c1-4-22-21(26)17-11-8-12-18(13-17)24-19(25)14-23-20(15(2)3)16-9-6-5-7-10-16/h5-13,15,20,23H,4,14H2,1-3H3,(H,22,26)(H,24,25)/t20-/m0/s1. The Labute approximate surface area is 155 Å². The van der Waals surface area contributed by atoms with Crippen LogP contribution in [0.3, 0.4) is 0 Å². The summed E-state index contributed by atoms with van der Waals surface area (Å²) in [5.74, 6) is 0.0663. The molecule has 5 heteroatoms. The predicted octanol–water partition coefficient (Wildman–Crippen LogP) is 3.36. The average Bonchev–Trinajstić information content (AvgIpc) is 2.63. The summed E-state index contributed by atoms with van der Waals surface area (Å²) in [4.78, 5) is 24.2. The van der Waals surface area contributed by atoms with Gasteiger partial charge in [-0.3, -0.25) is 9.59 Å². The molecule has 5 nitrogen and oxygen atoms in total. The summed E-state index contributed by atoms with van der Waals surface area (Å²) in [5, 5.41) is 8.91. The zero-order valence-corrected chi connectivity index (χ0v) is 15.6. The Kier molecular flexibility index (Phi) is 7.36. The van der Waals surface area contributed by atoms with Crippen molar-refractivity contribution < 1.29 is 9.59 Å². The van der Waals surface area contributed by atoms with Gasteiger partial charge in [-0.25, -0.2) is 0 Å². The van der Waals surface area contributed by atoms with Crippen LogP contribution in [0.5, 0.6) is 0 Å². The van der Waals surface area contributed by atoms with E-state index in [1.807, 2.05) is 25.1 Å². The quantitative estimate of drug-likeness (QED) is 0.681. The van der Waals surface area contributed by atoms with Crippen molar-refractivity contribution in [3.05, 3.63) is 65.7 Å². The smallest absolute Gasteiger partial charge is 0.251 e. The van der Waals surface area contributed by atoms with Crippen LogP contribution in [-0.2, 0) is 4.79 Å². The summed E-state index contributed by atoms with van der Waals surface area (Å²) >= 11 is 0. The van der Waals surface area contributed by atoms with Crippen molar-refractivity contribution in [2.24, 2.45) is 5.92 Å². The SMILES string of the molecule is CCNC(=O)c1cccc(NC(=O)CN[C@H](c2ccccc2)C(C)C)c1. The summed E-state index contributed by atoms with van der Waals surface area (Å²) in [6, 6.07) is 17.1. The molecule has 2 rings (SSSR count). The lowest BCUT2D eigenvalue weighted by Crippen LogP contribution is -2.33. The van der Waals surface area contributed by atoms with Crippen LogP contribution < -0.4 is 16.0 Å². The van der Waals surface area contributed by atoms with Crippen LogP contribution in [-0.4, -0.2) is 24.9 Å². The molecule has 2 amide bonds. The Morgan fingerprint density at radius 1 is 1.00 bits per heavy atom. The van der Waals surface area contributed by atoms with E-state index >= 15 is 0 Å². The third kappa shape index (κ3) is 5.70. The zero-order chi connectivity index (χ0) is 18.9. The fourth-order valence-electron chi connectivity index (χ4n) is 2.81. The number of anilines is 1. The van der Waals surface area contributed by atoms with E-state index in [1.54, 1.807) is 24.3 Å². The van der Waals surface area contributed by atoms with Crippen LogP contribution in [0.15, 0.2) is 54.6 Å². The van der Waals surface area contributed by atoms with Gasteiger partial charge in [0.2, 0.25) is 5.91 Å². The third-order valence-corrected chi connectivity index (χ3v) is 4.05. The van der Waals surface area contributed by atoms with Crippen LogP contribution in [0.4, 0.5) is 5.69 Å². The van der Waals surface area contributed by atoms with Gasteiger partial charge in [0.1, 0.15) is 0 Å². The first-order chi connectivity index (χ1) is 12.5. The minimum atomic E-state index is -0.148. The highest BCUT2D eigenvalue weighted by Gasteiger charge is 2.16. The lowest BCUT2D eigenvalue weighted by Gasteiger charge is -2.22. The van der Waals surface area contributed by atoms with E-state index < -0.39 is 0 Å². The minimum absolute atomic E-state index is 0.101. The molecule has 0 aliphatic rings. The van der Waals surface area contributed by atoms with Gasteiger partial charge in [0, 0.05) is 23.8 Å². The summed E-state index contributed by atoms with van der Waals surface area (Å²) in [7, 11) is 0. The summed E-state index contributed by atoms with van der Waals surface area (Å²) in [6.45, 7) is 6.88. The highest BCUT2D eigenvalue weighted by Crippen LogP contribution is 2.21. The monoisotopic (exact) mass is 353 g/mol. The van der Waals surface area contributed by atoms with Crippen LogP contribution >= 0.6 is 0 Å². The molecule has 0 heterocycles. The molecular weight excluding hydrogens is 326 g/mol. The summed E-state index contributed by atoms with van der Waals surface area (Å²) < 4.78 is 0. The molecule has 0 radical (unpaired) electrons. The lowest BCUT2D eigenvalue weighted by atomic mass is 9.96. The number of nitrogens with one attached hydrogen (secondary N) is 3. The van der Waals surface area contributed by atoms with E-state index in [0.29, 0.717) is 23.7 Å². The maximum Gasteiger partial charge on any atom is 0.251 e. The molecule has 0 aliphatic carbocycles. The number of benzene rings is 2. The van der Waals surface area contributed by atoms with Crippen molar-refractivity contribution in [2.75, 3.05) is 18.4 Å². The van der Waals surface area contributed by atoms with Gasteiger partial charge >= 0.3 is 0 Å². The number of rotatable bonds is 8. The second-order valence-corrected chi connectivity index (χ2v) is 6.50. The Balaban J connectivity index is 1.96. The van der Waals surface area contributed by atoms with Gasteiger partial charge in [0.05, 0.1) is 6.54 Å². The van der Waals surface area contributed by atoms with Crippen molar-refractivity contribution >= 4 is 17.5 Å². The number of hydrogen-bond donors (Lipinski definition) is 3. The molecule has 1 atom stereocenters. The molecule has 2 aromatic rings. The van der Waals surface area contributed by atoms with Crippen molar-refractivity contribution in [1.29, 1.82) is 0 Å². The molecule has 0 aromatic heterocycles. The normalized spacial score (nSPS) is 11.8. The van der Waals surface area contributed by atoms with E-state index in [0.717, 1.165) is 5.56 Å². The van der Waals surface area contributed by atoms with Gasteiger partial charge in [0.15, 0.2) is 0 Å². The fraction of sp³-hybridized carbons (Fsp3) is 0.333. The highest BCUT2D eigenvalue weighted by atomic mass is 16.2. The van der Waals surface area contributed by atoms with Gasteiger partial charge in [-0.1, -0.05) is 50.2 Å². The number of carbonyl (C=O) groups excluding carboxylic acids is 2. The van der Waals surface area contributed by atoms with Crippen LogP contribution in [0.1, 0.15) is 42.7 Å². The van der Waals surface area contributed by atoms with Crippen LogP contribution in [0.2, 0.25) is 0 Å². The van der Waals surface area contributed by atoms with Crippen molar-refractivity contribution in [2.45, 2.75) is 26.8 Å². The van der Waals surface area contributed by atoms with Gasteiger partial charge in [-0.05, 0) is 36.6 Å². The van der Waals surface area contributed by atoms with Gasteiger partial charge < -0.3 is 16.0 Å². The first-order valence-electron chi connectivity index (χ1n) is 8.97. The van der Waals surface area contributed by atoms with Crippen molar-refractivity contribution in [1.82, 2.24) is 10.6 Å². The molecule has 3 N–H and O–H groups in total. The zero-order valence-electron chi connectivity index (χ0n) is 15.6. The molecule has 138 valence electrons. The largest absolute Gasteiger partial charge is 0.352 e. The minimum Gasteiger partial charge on any atom is -0.352 e. The molecule has 0 bridgehead atoms. The Morgan fingerprint density at radius 2 is 1.73 bits per heavy atom. The molecule has 2 aromatic carbocycles. The van der Waals surface area contributed by atoms with E-state index in [1.165, 1.54) is 0 Å². The summed E-state index contributed by atoms with van der Waals surface area (Å²) in [5.41, 5.74) is 2.30. The highest BCUT2D eigenvalue weighted by molar-refractivity contribution is 5.97. The number of hydrogen-bond acceptors (Lipinski definition) is 3. The molecular formula is C21H27N3O2. The number of amides is 2. The second kappa shape index (κ2) is 9.73. The molecule has 0 fully saturated rings. The maximum atomic E-state index is 12.3. The molecule has 26 heavy (non-hydrogen) atoms. The van der Waals surface area contributed by atoms with Crippen LogP contribution in [0.25, 0.3) is 0 Å². The number of carbonyl (C=O) groups is 2. The topological polar surface area (TPSA) is 70.2 Å². The Bertz CT molecular complexity index is 729. The lowest BCUT2D eigenvalue weighted by molar-refractivity contribution is -0.115. The second-order valence-electron chi connectivity index (χ2n) is 6.50. The van der Waals surface area contributed by atoms with E-state index in [4.69, 9.17) is 0 Å². The summed E-state index contributed by atoms with van der Waals surface area (Å²) in [6.07, 6.45) is 0. The first-order valence-corrected chi connectivity index (χ1v) is 8.97. The fourth-order valence-corrected chi connectivity index (χ4v) is 2.81. The van der Waals surface area contributed by atoms with E-state index in [2.05, 4.69) is 41.9 Å². The predicted molar refractivity (Wildman–Crippen MR) is 105 cm³/mol. The molecule has 0 saturated heterocycles. The maximum absolute atomic E-state index is 12.3. The molecule has 0 spiro atoms. The van der Waals surface area contributed by atoms with Crippen molar-refractivity contribution in [3.63, 3.8) is 0 Å². The van der Waals surface area contributed by atoms with Gasteiger partial charge in [-0.15, -0.1) is 0 Å². The van der Waals surface area contributed by atoms with Gasteiger partial charge in [0.25, 0.3) is 5.91 Å². The molecule has 0 unspecified atom stereocenters. The first kappa shape index (κ1) is 19.7. The van der Waals surface area contributed by atoms with E-state index in [-0.39, 0.29) is 24.4 Å². The van der Waals surface area contributed by atoms with Crippen molar-refractivity contribution in [3.8, 4) is 0 Å². The Morgan fingerprint density at radius 3 is 2.38 bits per heavy atom. The Hall–Kier alpha value is -2.66. The van der Waals surface area contributed by atoms with Gasteiger partial charge in [-0.2, -0.15) is 0 Å². The average molecular weight is 353 g/mol. The third-order valence-electron chi connectivity index (χ3n) is 4.05. The molecule has 0 aliphatic heterocycles.